The number of hydrogen-bond acceptors (Lipinski definition) is 4. The second-order valence-electron chi connectivity index (χ2n) is 3.86. The van der Waals surface area contributed by atoms with Gasteiger partial charge in [0.1, 0.15) is 6.04 Å². The highest BCUT2D eigenvalue weighted by Crippen LogP contribution is 2.21. The Morgan fingerprint density at radius 2 is 2.35 bits per heavy atom. The SMILES string of the molecule is Cc1ccoc1C(=O)N1CCSCC1C(=O)O. The number of carboxylic acids is 1. The van der Waals surface area contributed by atoms with Crippen molar-refractivity contribution < 1.29 is 19.1 Å². The van der Waals surface area contributed by atoms with Crippen molar-refractivity contribution in [1.82, 2.24) is 4.90 Å². The topological polar surface area (TPSA) is 70.8 Å². The van der Waals surface area contributed by atoms with Crippen LogP contribution in [0.25, 0.3) is 0 Å². The lowest BCUT2D eigenvalue weighted by molar-refractivity contribution is -0.141. The van der Waals surface area contributed by atoms with E-state index in [-0.39, 0.29) is 11.7 Å². The first-order valence-electron chi connectivity index (χ1n) is 5.27. The van der Waals surface area contributed by atoms with Crippen molar-refractivity contribution in [3.8, 4) is 0 Å². The molecular formula is C11H13NO4S. The summed E-state index contributed by atoms with van der Waals surface area (Å²) in [6.07, 6.45) is 1.44. The summed E-state index contributed by atoms with van der Waals surface area (Å²) in [7, 11) is 0. The van der Waals surface area contributed by atoms with E-state index in [0.29, 0.717) is 12.3 Å². The number of aryl methyl sites for hydroxylation is 1. The van der Waals surface area contributed by atoms with Crippen LogP contribution in [-0.4, -0.2) is 46.0 Å². The highest BCUT2D eigenvalue weighted by molar-refractivity contribution is 7.99. The van der Waals surface area contributed by atoms with E-state index in [9.17, 15) is 9.59 Å². The smallest absolute Gasteiger partial charge is 0.327 e. The van der Waals surface area contributed by atoms with E-state index < -0.39 is 12.0 Å². The van der Waals surface area contributed by atoms with Gasteiger partial charge >= 0.3 is 5.97 Å². The Balaban J connectivity index is 2.23. The standard InChI is InChI=1S/C11H13NO4S/c1-7-2-4-16-9(7)10(13)12-3-5-17-6-8(12)11(14)15/h2,4,8H,3,5-6H2,1H3,(H,14,15). The number of rotatable bonds is 2. The number of carbonyl (C=O) groups excluding carboxylic acids is 1. The Labute approximate surface area is 103 Å². The van der Waals surface area contributed by atoms with E-state index in [1.807, 2.05) is 0 Å². The van der Waals surface area contributed by atoms with Crippen molar-refractivity contribution in [1.29, 1.82) is 0 Å². The van der Waals surface area contributed by atoms with Crippen LogP contribution in [0.2, 0.25) is 0 Å². The Morgan fingerprint density at radius 1 is 1.59 bits per heavy atom. The number of aliphatic carboxylic acids is 1. The van der Waals surface area contributed by atoms with Gasteiger partial charge in [-0.15, -0.1) is 0 Å². The number of nitrogens with zero attached hydrogens (tertiary/aromatic N) is 1. The first-order chi connectivity index (χ1) is 8.11. The minimum Gasteiger partial charge on any atom is -0.480 e. The van der Waals surface area contributed by atoms with Gasteiger partial charge in [0, 0.05) is 23.6 Å². The Bertz CT molecular complexity index is 442. The van der Waals surface area contributed by atoms with E-state index >= 15 is 0 Å². The second kappa shape index (κ2) is 4.83. The highest BCUT2D eigenvalue weighted by Gasteiger charge is 2.34. The first kappa shape index (κ1) is 12.0. The summed E-state index contributed by atoms with van der Waals surface area (Å²) in [5.41, 5.74) is 0.734. The third-order valence-electron chi connectivity index (χ3n) is 2.73. The van der Waals surface area contributed by atoms with Gasteiger partial charge in [-0.2, -0.15) is 11.8 Å². The molecule has 1 atom stereocenters. The summed E-state index contributed by atoms with van der Waals surface area (Å²) in [6, 6.07) is 0.938. The first-order valence-corrected chi connectivity index (χ1v) is 6.42. The molecule has 0 aliphatic carbocycles. The molecule has 0 aromatic carbocycles. The van der Waals surface area contributed by atoms with E-state index in [4.69, 9.17) is 9.52 Å². The number of carboxylic acid groups (broad SMARTS) is 1. The molecule has 92 valence electrons. The molecule has 0 spiro atoms. The molecular weight excluding hydrogens is 242 g/mol. The lowest BCUT2D eigenvalue weighted by Crippen LogP contribution is -2.50. The number of thioether (sulfide) groups is 1. The molecule has 1 aliphatic rings. The highest BCUT2D eigenvalue weighted by atomic mass is 32.2. The maximum Gasteiger partial charge on any atom is 0.327 e. The van der Waals surface area contributed by atoms with Gasteiger partial charge in [-0.3, -0.25) is 4.79 Å². The molecule has 2 rings (SSSR count). The normalized spacial score (nSPS) is 20.3. The number of hydrogen-bond donors (Lipinski definition) is 1. The van der Waals surface area contributed by atoms with Crippen LogP contribution in [0.5, 0.6) is 0 Å². The number of carbonyl (C=O) groups is 2. The van der Waals surface area contributed by atoms with Crippen LogP contribution in [-0.2, 0) is 4.79 Å². The largest absolute Gasteiger partial charge is 0.480 e. The zero-order valence-electron chi connectivity index (χ0n) is 9.38. The van der Waals surface area contributed by atoms with Crippen LogP contribution in [0.3, 0.4) is 0 Å². The molecule has 0 radical (unpaired) electrons. The molecule has 1 aromatic heterocycles. The summed E-state index contributed by atoms with van der Waals surface area (Å²) < 4.78 is 5.12. The fourth-order valence-corrected chi connectivity index (χ4v) is 2.81. The lowest BCUT2D eigenvalue weighted by atomic mass is 10.2. The van der Waals surface area contributed by atoms with Gasteiger partial charge in [-0.05, 0) is 13.0 Å². The summed E-state index contributed by atoms with van der Waals surface area (Å²) >= 11 is 1.55. The lowest BCUT2D eigenvalue weighted by Gasteiger charge is -2.32. The molecule has 1 aromatic rings. The molecule has 2 heterocycles. The van der Waals surface area contributed by atoms with Crippen molar-refractivity contribution >= 4 is 23.6 Å². The maximum atomic E-state index is 12.2. The van der Waals surface area contributed by atoms with E-state index in [1.165, 1.54) is 11.2 Å². The molecule has 1 saturated heterocycles. The Hall–Kier alpha value is -1.43. The van der Waals surface area contributed by atoms with E-state index in [2.05, 4.69) is 0 Å². The van der Waals surface area contributed by atoms with Gasteiger partial charge in [-0.25, -0.2) is 4.79 Å². The molecule has 1 unspecified atom stereocenters. The molecule has 0 bridgehead atoms. The van der Waals surface area contributed by atoms with Crippen molar-refractivity contribution in [2.45, 2.75) is 13.0 Å². The summed E-state index contributed by atoms with van der Waals surface area (Å²) in [5.74, 6) is 0.133. The molecule has 1 fully saturated rings. The van der Waals surface area contributed by atoms with Crippen LogP contribution in [0.4, 0.5) is 0 Å². The van der Waals surface area contributed by atoms with Crippen molar-refractivity contribution in [3.63, 3.8) is 0 Å². The number of amides is 1. The fourth-order valence-electron chi connectivity index (χ4n) is 1.77. The van der Waals surface area contributed by atoms with Crippen molar-refractivity contribution in [3.05, 3.63) is 23.7 Å². The third-order valence-corrected chi connectivity index (χ3v) is 3.75. The van der Waals surface area contributed by atoms with Gasteiger partial charge in [-0.1, -0.05) is 0 Å². The Kier molecular flexibility index (Phi) is 3.42. The summed E-state index contributed by atoms with van der Waals surface area (Å²) in [6.45, 7) is 2.21. The quantitative estimate of drug-likeness (QED) is 0.860. The zero-order chi connectivity index (χ0) is 12.4. The minimum atomic E-state index is -0.963. The van der Waals surface area contributed by atoms with Crippen molar-refractivity contribution in [2.24, 2.45) is 0 Å². The van der Waals surface area contributed by atoms with Crippen LogP contribution in [0.1, 0.15) is 16.1 Å². The average molecular weight is 255 g/mol. The van der Waals surface area contributed by atoms with E-state index in [0.717, 1.165) is 11.3 Å². The minimum absolute atomic E-state index is 0.239. The molecule has 1 amide bonds. The van der Waals surface area contributed by atoms with Gasteiger partial charge < -0.3 is 14.4 Å². The summed E-state index contributed by atoms with van der Waals surface area (Å²) in [4.78, 5) is 24.6. The molecule has 0 saturated carbocycles. The number of furan rings is 1. The second-order valence-corrected chi connectivity index (χ2v) is 5.01. The average Bonchev–Trinajstić information content (AvgIpc) is 2.74. The van der Waals surface area contributed by atoms with Gasteiger partial charge in [0.25, 0.3) is 5.91 Å². The maximum absolute atomic E-state index is 12.2. The molecule has 6 heteroatoms. The molecule has 5 nitrogen and oxygen atoms in total. The van der Waals surface area contributed by atoms with Gasteiger partial charge in [0.05, 0.1) is 6.26 Å². The molecule has 17 heavy (non-hydrogen) atoms. The predicted octanol–water partition coefficient (Wildman–Crippen LogP) is 1.23. The third kappa shape index (κ3) is 2.31. The van der Waals surface area contributed by atoms with Crippen LogP contribution < -0.4 is 0 Å². The Morgan fingerprint density at radius 3 is 2.94 bits per heavy atom. The monoisotopic (exact) mass is 255 g/mol. The van der Waals surface area contributed by atoms with Crippen LogP contribution in [0, 0.1) is 6.92 Å². The van der Waals surface area contributed by atoms with Crippen LogP contribution >= 0.6 is 11.8 Å². The van der Waals surface area contributed by atoms with Crippen molar-refractivity contribution in [2.75, 3.05) is 18.1 Å². The molecule has 1 N–H and O–H groups in total. The van der Waals surface area contributed by atoms with Crippen LogP contribution in [0.15, 0.2) is 16.7 Å². The fraction of sp³-hybridized carbons (Fsp3) is 0.455. The predicted molar refractivity (Wildman–Crippen MR) is 63.2 cm³/mol. The zero-order valence-corrected chi connectivity index (χ0v) is 10.2. The summed E-state index contributed by atoms with van der Waals surface area (Å²) in [5, 5.41) is 9.09. The van der Waals surface area contributed by atoms with Gasteiger partial charge in [0.2, 0.25) is 0 Å². The van der Waals surface area contributed by atoms with Gasteiger partial charge in [0.15, 0.2) is 5.76 Å². The molecule has 1 aliphatic heterocycles. The van der Waals surface area contributed by atoms with E-state index in [1.54, 1.807) is 24.8 Å².